The molecule has 1 aromatic rings. The average molecular weight is 318 g/mol. The zero-order chi connectivity index (χ0) is 16.0. The molecule has 1 rings (SSSR count). The van der Waals surface area contributed by atoms with Gasteiger partial charge in [0.1, 0.15) is 16.4 Å². The fourth-order valence-electron chi connectivity index (χ4n) is 1.95. The summed E-state index contributed by atoms with van der Waals surface area (Å²) in [4.78, 5) is 0.237. The number of nitrogens with one attached hydrogen (secondary N) is 1. The second kappa shape index (κ2) is 7.93. The van der Waals surface area contributed by atoms with E-state index in [9.17, 15) is 8.42 Å². The Kier molecular flexibility index (Phi) is 6.86. The second-order valence-corrected chi connectivity index (χ2v) is 7.06. The summed E-state index contributed by atoms with van der Waals surface area (Å²) in [5.74, 6) is 1.05. The SMILES string of the molecule is CCN(CCOC)S(=O)(=O)c1cc(CNC(C)C)oc1C. The van der Waals surface area contributed by atoms with Crippen LogP contribution in [0.5, 0.6) is 0 Å². The Balaban J connectivity index is 2.96. The van der Waals surface area contributed by atoms with E-state index in [4.69, 9.17) is 9.15 Å². The Hall–Kier alpha value is -0.890. The number of ether oxygens (including phenoxy) is 1. The van der Waals surface area contributed by atoms with E-state index in [2.05, 4.69) is 5.32 Å². The van der Waals surface area contributed by atoms with E-state index in [1.165, 1.54) is 4.31 Å². The molecule has 0 bridgehead atoms. The van der Waals surface area contributed by atoms with Crippen LogP contribution in [0.15, 0.2) is 15.4 Å². The van der Waals surface area contributed by atoms with E-state index in [1.807, 2.05) is 20.8 Å². The van der Waals surface area contributed by atoms with Crippen LogP contribution in [0.25, 0.3) is 0 Å². The molecule has 6 nitrogen and oxygen atoms in total. The molecule has 0 aliphatic carbocycles. The number of furan rings is 1. The van der Waals surface area contributed by atoms with E-state index >= 15 is 0 Å². The molecule has 0 aliphatic heterocycles. The van der Waals surface area contributed by atoms with Gasteiger partial charge in [0.15, 0.2) is 0 Å². The fourth-order valence-corrected chi connectivity index (χ4v) is 3.57. The number of hydrogen-bond donors (Lipinski definition) is 1. The second-order valence-electron chi connectivity index (χ2n) is 5.16. The molecular formula is C14H26N2O4S. The highest BCUT2D eigenvalue weighted by molar-refractivity contribution is 7.89. The van der Waals surface area contributed by atoms with Gasteiger partial charge in [0.25, 0.3) is 0 Å². The Labute approximate surface area is 127 Å². The summed E-state index contributed by atoms with van der Waals surface area (Å²) in [5, 5.41) is 3.21. The van der Waals surface area contributed by atoms with E-state index in [0.29, 0.717) is 43.8 Å². The van der Waals surface area contributed by atoms with Crippen molar-refractivity contribution in [3.8, 4) is 0 Å². The highest BCUT2D eigenvalue weighted by Gasteiger charge is 2.27. The van der Waals surface area contributed by atoms with Crippen LogP contribution in [0.4, 0.5) is 0 Å². The largest absolute Gasteiger partial charge is 0.464 e. The number of aryl methyl sites for hydroxylation is 1. The van der Waals surface area contributed by atoms with Crippen LogP contribution in [0.2, 0.25) is 0 Å². The molecule has 0 saturated carbocycles. The Morgan fingerprint density at radius 2 is 2.10 bits per heavy atom. The Bertz CT molecular complexity index is 537. The molecule has 0 unspecified atom stereocenters. The smallest absolute Gasteiger partial charge is 0.246 e. The minimum atomic E-state index is -3.54. The van der Waals surface area contributed by atoms with Gasteiger partial charge in [-0.15, -0.1) is 0 Å². The lowest BCUT2D eigenvalue weighted by molar-refractivity contribution is 0.180. The normalized spacial score (nSPS) is 12.5. The summed E-state index contributed by atoms with van der Waals surface area (Å²) < 4.78 is 37.2. The van der Waals surface area contributed by atoms with Crippen LogP contribution >= 0.6 is 0 Å². The molecular weight excluding hydrogens is 292 g/mol. The topological polar surface area (TPSA) is 71.8 Å². The van der Waals surface area contributed by atoms with Crippen molar-refractivity contribution in [3.63, 3.8) is 0 Å². The van der Waals surface area contributed by atoms with Crippen molar-refractivity contribution >= 4 is 10.0 Å². The zero-order valence-electron chi connectivity index (χ0n) is 13.5. The van der Waals surface area contributed by atoms with Gasteiger partial charge in [-0.25, -0.2) is 8.42 Å². The number of likely N-dealkylation sites (N-methyl/N-ethyl adjacent to an activating group) is 1. The number of hydrogen-bond acceptors (Lipinski definition) is 5. The van der Waals surface area contributed by atoms with Crippen molar-refractivity contribution in [1.29, 1.82) is 0 Å². The molecule has 0 amide bonds. The van der Waals surface area contributed by atoms with Gasteiger partial charge in [-0.05, 0) is 6.92 Å². The molecule has 0 radical (unpaired) electrons. The van der Waals surface area contributed by atoms with Gasteiger partial charge >= 0.3 is 0 Å². The van der Waals surface area contributed by atoms with Gasteiger partial charge in [0.05, 0.1) is 13.2 Å². The Morgan fingerprint density at radius 1 is 1.43 bits per heavy atom. The molecule has 7 heteroatoms. The molecule has 0 saturated heterocycles. The van der Waals surface area contributed by atoms with E-state index in [-0.39, 0.29) is 4.90 Å². The van der Waals surface area contributed by atoms with Crippen LogP contribution in [-0.2, 0) is 21.3 Å². The molecule has 0 fully saturated rings. The van der Waals surface area contributed by atoms with Gasteiger partial charge < -0.3 is 14.5 Å². The maximum atomic E-state index is 12.6. The molecule has 0 aliphatic rings. The van der Waals surface area contributed by atoms with Crippen LogP contribution in [0.3, 0.4) is 0 Å². The highest BCUT2D eigenvalue weighted by atomic mass is 32.2. The molecule has 0 spiro atoms. The van der Waals surface area contributed by atoms with Crippen molar-refractivity contribution in [2.75, 3.05) is 26.8 Å². The summed E-state index contributed by atoms with van der Waals surface area (Å²) in [6, 6.07) is 1.92. The minimum Gasteiger partial charge on any atom is -0.464 e. The molecule has 122 valence electrons. The maximum Gasteiger partial charge on any atom is 0.246 e. The fraction of sp³-hybridized carbons (Fsp3) is 0.714. The first-order chi connectivity index (χ1) is 9.82. The molecule has 0 aromatic carbocycles. The summed E-state index contributed by atoms with van der Waals surface area (Å²) >= 11 is 0. The minimum absolute atomic E-state index is 0.237. The Morgan fingerprint density at radius 3 is 2.62 bits per heavy atom. The van der Waals surface area contributed by atoms with Crippen LogP contribution in [0, 0.1) is 6.92 Å². The van der Waals surface area contributed by atoms with E-state index in [1.54, 1.807) is 20.1 Å². The first-order valence-corrected chi connectivity index (χ1v) is 8.58. The van der Waals surface area contributed by atoms with E-state index < -0.39 is 10.0 Å². The van der Waals surface area contributed by atoms with Gasteiger partial charge in [0, 0.05) is 32.3 Å². The summed E-state index contributed by atoms with van der Waals surface area (Å²) in [6.07, 6.45) is 0. The van der Waals surface area contributed by atoms with Crippen molar-refractivity contribution in [2.24, 2.45) is 0 Å². The maximum absolute atomic E-state index is 12.6. The predicted molar refractivity (Wildman–Crippen MR) is 81.7 cm³/mol. The molecule has 1 N–H and O–H groups in total. The summed E-state index contributed by atoms with van der Waals surface area (Å²) in [6.45, 7) is 9.15. The van der Waals surface area contributed by atoms with Gasteiger partial charge in [-0.1, -0.05) is 20.8 Å². The average Bonchev–Trinajstić information content (AvgIpc) is 2.79. The zero-order valence-corrected chi connectivity index (χ0v) is 14.3. The lowest BCUT2D eigenvalue weighted by Crippen LogP contribution is -2.33. The standard InChI is InChI=1S/C14H26N2O4S/c1-6-16(7-8-19-5)21(17,18)14-9-13(20-12(14)4)10-15-11(2)3/h9,11,15H,6-8,10H2,1-5H3. The van der Waals surface area contributed by atoms with Gasteiger partial charge in [-0.3, -0.25) is 0 Å². The van der Waals surface area contributed by atoms with Crippen LogP contribution in [0.1, 0.15) is 32.3 Å². The van der Waals surface area contributed by atoms with Crippen molar-refractivity contribution < 1.29 is 17.6 Å². The highest BCUT2D eigenvalue weighted by Crippen LogP contribution is 2.23. The van der Waals surface area contributed by atoms with E-state index in [0.717, 1.165) is 0 Å². The number of methoxy groups -OCH3 is 1. The molecule has 0 atom stereocenters. The lowest BCUT2D eigenvalue weighted by Gasteiger charge is -2.19. The number of sulfonamides is 1. The van der Waals surface area contributed by atoms with Crippen LogP contribution < -0.4 is 5.32 Å². The number of nitrogens with zero attached hydrogens (tertiary/aromatic N) is 1. The third-order valence-electron chi connectivity index (χ3n) is 3.12. The first-order valence-electron chi connectivity index (χ1n) is 7.14. The molecule has 21 heavy (non-hydrogen) atoms. The van der Waals surface area contributed by atoms with Gasteiger partial charge in [0.2, 0.25) is 10.0 Å². The molecule has 1 aromatic heterocycles. The first kappa shape index (κ1) is 18.2. The quantitative estimate of drug-likeness (QED) is 0.751. The summed E-state index contributed by atoms with van der Waals surface area (Å²) in [5.41, 5.74) is 0. The van der Waals surface area contributed by atoms with Crippen LogP contribution in [-0.4, -0.2) is 45.6 Å². The third kappa shape index (κ3) is 4.81. The van der Waals surface area contributed by atoms with Gasteiger partial charge in [-0.2, -0.15) is 4.31 Å². The predicted octanol–water partition coefficient (Wildman–Crippen LogP) is 1.74. The number of rotatable bonds is 9. The monoisotopic (exact) mass is 318 g/mol. The molecule has 1 heterocycles. The van der Waals surface area contributed by atoms with Crippen molar-refractivity contribution in [1.82, 2.24) is 9.62 Å². The lowest BCUT2D eigenvalue weighted by atomic mass is 10.3. The van der Waals surface area contributed by atoms with Crippen molar-refractivity contribution in [3.05, 3.63) is 17.6 Å². The van der Waals surface area contributed by atoms with Crippen molar-refractivity contribution in [2.45, 2.75) is 45.2 Å². The summed E-state index contributed by atoms with van der Waals surface area (Å²) in [7, 11) is -1.99. The third-order valence-corrected chi connectivity index (χ3v) is 5.20.